The third-order valence-corrected chi connectivity index (χ3v) is 0.939. The summed E-state index contributed by atoms with van der Waals surface area (Å²) in [5.74, 6) is 0. The minimum atomic E-state index is 0. The molecule has 0 aromatic rings. The van der Waals surface area contributed by atoms with E-state index >= 15 is 0 Å². The van der Waals surface area contributed by atoms with E-state index in [1.165, 1.54) is 6.42 Å². The quantitative estimate of drug-likeness (QED) is 0.588. The third-order valence-electron chi connectivity index (χ3n) is 0.939. The van der Waals surface area contributed by atoms with E-state index in [2.05, 4.69) is 26.0 Å². The van der Waals surface area contributed by atoms with Crippen molar-refractivity contribution in [1.29, 1.82) is 0 Å². The van der Waals surface area contributed by atoms with Crippen molar-refractivity contribution in [2.24, 2.45) is 0 Å². The maximum Gasteiger partial charge on any atom is 2.00 e. The molecule has 1 heteroatoms. The van der Waals surface area contributed by atoms with Gasteiger partial charge in [-0.05, 0) is 0 Å². The molecule has 0 saturated carbocycles. The Balaban J connectivity index is 0. The molecule has 0 aromatic heterocycles. The van der Waals surface area contributed by atoms with E-state index in [9.17, 15) is 0 Å². The second-order valence-corrected chi connectivity index (χ2v) is 1.86. The predicted octanol–water partition coefficient (Wildman–Crippen LogP) is 2.92. The molecule has 1 aliphatic rings. The molecule has 0 N–H and O–H groups in total. The van der Waals surface area contributed by atoms with Crippen molar-refractivity contribution in [3.05, 3.63) is 31.2 Å². The van der Waals surface area contributed by atoms with Gasteiger partial charge in [-0.1, -0.05) is 13.3 Å². The van der Waals surface area contributed by atoms with Gasteiger partial charge < -0.3 is 6.92 Å². The van der Waals surface area contributed by atoms with Gasteiger partial charge >= 0.3 is 26.2 Å². The first-order valence-electron chi connectivity index (χ1n) is 3.42. The van der Waals surface area contributed by atoms with Crippen molar-refractivity contribution in [3.8, 4) is 0 Å². The number of allylic oxidation sites excluding steroid dienone is 4. The van der Waals surface area contributed by atoms with Crippen LogP contribution in [0.15, 0.2) is 18.2 Å². The average Bonchev–Trinajstić information content (AvgIpc) is 2.43. The van der Waals surface area contributed by atoms with Gasteiger partial charge in [-0.25, -0.2) is 12.2 Å². The van der Waals surface area contributed by atoms with E-state index in [-0.39, 0.29) is 26.2 Å². The molecule has 1 aliphatic carbocycles. The Kier molecular flexibility index (Phi) is 15.7. The van der Waals surface area contributed by atoms with Gasteiger partial charge in [-0.2, -0.15) is 12.5 Å². The van der Waals surface area contributed by atoms with Crippen LogP contribution in [-0.2, 0) is 26.2 Å². The zero-order valence-corrected chi connectivity index (χ0v) is 9.02. The van der Waals surface area contributed by atoms with Crippen LogP contribution in [0.3, 0.4) is 0 Å². The van der Waals surface area contributed by atoms with Crippen molar-refractivity contribution in [3.63, 3.8) is 0 Å². The molecule has 0 spiro atoms. The fourth-order valence-corrected chi connectivity index (χ4v) is 0.340. The van der Waals surface area contributed by atoms with Crippen LogP contribution in [0.5, 0.6) is 0 Å². The second-order valence-electron chi connectivity index (χ2n) is 1.86. The molecular formula is C9H14Zr. The summed E-state index contributed by atoms with van der Waals surface area (Å²) in [5.41, 5.74) is 0. The Morgan fingerprint density at radius 2 is 2.20 bits per heavy atom. The molecule has 1 rings (SSSR count). The minimum Gasteiger partial charge on any atom is -0.343 e. The van der Waals surface area contributed by atoms with Gasteiger partial charge in [-0.3, -0.25) is 6.08 Å². The summed E-state index contributed by atoms with van der Waals surface area (Å²) < 4.78 is 0. The van der Waals surface area contributed by atoms with Crippen LogP contribution in [0.4, 0.5) is 0 Å². The molecule has 0 bridgehead atoms. The number of unbranched alkanes of at least 4 members (excludes halogenated alkanes) is 1. The first-order chi connectivity index (χ1) is 4.41. The van der Waals surface area contributed by atoms with Gasteiger partial charge in [-0.15, -0.1) is 6.42 Å². The van der Waals surface area contributed by atoms with Gasteiger partial charge in [0.1, 0.15) is 0 Å². The first-order valence-corrected chi connectivity index (χ1v) is 3.42. The summed E-state index contributed by atoms with van der Waals surface area (Å²) in [6, 6.07) is 0. The Labute approximate surface area is 83.5 Å². The molecule has 0 atom stereocenters. The number of hydrogen-bond acceptors (Lipinski definition) is 0. The minimum absolute atomic E-state index is 0. The molecule has 0 unspecified atom stereocenters. The molecule has 0 aliphatic heterocycles. The summed E-state index contributed by atoms with van der Waals surface area (Å²) in [5, 5.41) is 0. The van der Waals surface area contributed by atoms with Crippen molar-refractivity contribution < 1.29 is 26.2 Å². The van der Waals surface area contributed by atoms with Crippen molar-refractivity contribution in [2.75, 3.05) is 0 Å². The van der Waals surface area contributed by atoms with E-state index in [0.717, 1.165) is 12.8 Å². The van der Waals surface area contributed by atoms with Crippen molar-refractivity contribution in [1.82, 2.24) is 0 Å². The molecule has 0 amide bonds. The maximum absolute atomic E-state index is 3.60. The molecule has 0 nitrogen and oxygen atoms in total. The SMILES string of the molecule is [C-]1=CC=CC1.[CH2-]CCC.[Zr+2]. The summed E-state index contributed by atoms with van der Waals surface area (Å²) in [4.78, 5) is 0. The van der Waals surface area contributed by atoms with Gasteiger partial charge in [0.05, 0.1) is 0 Å². The molecule has 0 heterocycles. The zero-order valence-electron chi connectivity index (χ0n) is 6.56. The van der Waals surface area contributed by atoms with E-state index in [4.69, 9.17) is 0 Å². The summed E-state index contributed by atoms with van der Waals surface area (Å²) in [7, 11) is 0. The molecule has 0 aromatic carbocycles. The summed E-state index contributed by atoms with van der Waals surface area (Å²) in [6.45, 7) is 5.72. The maximum atomic E-state index is 3.60. The average molecular weight is 213 g/mol. The Morgan fingerprint density at radius 3 is 2.30 bits per heavy atom. The van der Waals surface area contributed by atoms with Crippen molar-refractivity contribution in [2.45, 2.75) is 26.2 Å². The van der Waals surface area contributed by atoms with Crippen LogP contribution < -0.4 is 0 Å². The molecule has 0 radical (unpaired) electrons. The first kappa shape index (κ1) is 13.0. The fraction of sp³-hybridized carbons (Fsp3) is 0.444. The Bertz CT molecular complexity index is 80.9. The van der Waals surface area contributed by atoms with E-state index in [1.54, 1.807) is 0 Å². The van der Waals surface area contributed by atoms with E-state index < -0.39 is 0 Å². The standard InChI is InChI=1S/C5H5.C4H9.Zr/c1-2-4-5-3-1;1-3-4-2;/h1-3H,4H2;1,3-4H2,2H3;/q2*-1;+2. The topological polar surface area (TPSA) is 0 Å². The number of rotatable bonds is 1. The monoisotopic (exact) mass is 212 g/mol. The second kappa shape index (κ2) is 12.1. The molecule has 0 fully saturated rings. The fourth-order valence-electron chi connectivity index (χ4n) is 0.340. The van der Waals surface area contributed by atoms with Crippen LogP contribution >= 0.6 is 0 Å². The largest absolute Gasteiger partial charge is 2.00 e. The van der Waals surface area contributed by atoms with Gasteiger partial charge in [0.15, 0.2) is 0 Å². The van der Waals surface area contributed by atoms with Crippen LogP contribution in [-0.4, -0.2) is 0 Å². The van der Waals surface area contributed by atoms with Gasteiger partial charge in [0.25, 0.3) is 0 Å². The summed E-state index contributed by atoms with van der Waals surface area (Å²) >= 11 is 0. The van der Waals surface area contributed by atoms with E-state index in [1.807, 2.05) is 12.2 Å². The third kappa shape index (κ3) is 11.2. The smallest absolute Gasteiger partial charge is 0.343 e. The Morgan fingerprint density at radius 1 is 1.60 bits per heavy atom. The number of hydrogen-bond donors (Lipinski definition) is 0. The van der Waals surface area contributed by atoms with Gasteiger partial charge in [0, 0.05) is 0 Å². The van der Waals surface area contributed by atoms with Crippen LogP contribution in [0.2, 0.25) is 0 Å². The molecule has 10 heavy (non-hydrogen) atoms. The van der Waals surface area contributed by atoms with Crippen LogP contribution in [0.25, 0.3) is 0 Å². The van der Waals surface area contributed by atoms with Gasteiger partial charge in [0.2, 0.25) is 0 Å². The predicted molar refractivity (Wildman–Crippen MR) is 41.8 cm³/mol. The summed E-state index contributed by atoms with van der Waals surface area (Å²) in [6.07, 6.45) is 12.3. The molecule has 0 saturated heterocycles. The normalized spacial score (nSPS) is 11.8. The van der Waals surface area contributed by atoms with E-state index in [0.29, 0.717) is 0 Å². The zero-order chi connectivity index (χ0) is 6.95. The molecular weight excluding hydrogens is 199 g/mol. The van der Waals surface area contributed by atoms with Crippen LogP contribution in [0.1, 0.15) is 26.2 Å². The van der Waals surface area contributed by atoms with Crippen molar-refractivity contribution >= 4 is 0 Å². The van der Waals surface area contributed by atoms with Crippen LogP contribution in [0, 0.1) is 13.0 Å². The Hall–Kier alpha value is 0.363. The molecule has 54 valence electrons.